The lowest BCUT2D eigenvalue weighted by Gasteiger charge is -2.16. The largest absolute Gasteiger partial charge is 0.466 e. The second-order valence-corrected chi connectivity index (χ2v) is 8.51. The van der Waals surface area contributed by atoms with Crippen molar-refractivity contribution in [1.29, 1.82) is 0 Å². The molecule has 0 bridgehead atoms. The Morgan fingerprint density at radius 2 is 1.24 bits per heavy atom. The summed E-state index contributed by atoms with van der Waals surface area (Å²) < 4.78 is 27.7. The second kappa shape index (κ2) is 17.1. The predicted molar refractivity (Wildman–Crippen MR) is 103 cm³/mol. The van der Waals surface area contributed by atoms with Gasteiger partial charge in [-0.2, -0.15) is 0 Å². The molecule has 0 heterocycles. The minimum Gasteiger partial charge on any atom is -0.466 e. The molecule has 0 rings (SSSR count). The van der Waals surface area contributed by atoms with Gasteiger partial charge in [-0.05, 0) is 20.3 Å². The summed E-state index contributed by atoms with van der Waals surface area (Å²) in [5.41, 5.74) is 0. The Morgan fingerprint density at radius 3 is 1.72 bits per heavy atom. The fraction of sp³-hybridized carbons (Fsp3) is 0.947. The number of unbranched alkanes of at least 4 members (excludes halogenated alkanes) is 9. The molecule has 0 radical (unpaired) electrons. The minimum absolute atomic E-state index is 0.0784. The maximum absolute atomic E-state index is 12.2. The van der Waals surface area contributed by atoms with Gasteiger partial charge in [0.15, 0.2) is 0 Å². The van der Waals surface area contributed by atoms with Crippen molar-refractivity contribution in [3.63, 3.8) is 0 Å². The predicted octanol–water partition coefficient (Wildman–Crippen LogP) is 6.11. The number of rotatable bonds is 18. The lowest BCUT2D eigenvalue weighted by Crippen LogP contribution is -2.10. The zero-order valence-electron chi connectivity index (χ0n) is 16.6. The lowest BCUT2D eigenvalue weighted by atomic mass is 10.1. The molecular weight excluding hydrogens is 339 g/mol. The number of carbonyl (C=O) groups is 1. The number of esters is 1. The first-order valence-corrected chi connectivity index (χ1v) is 11.8. The first kappa shape index (κ1) is 24.6. The summed E-state index contributed by atoms with van der Waals surface area (Å²) in [7, 11) is -3.14. The van der Waals surface area contributed by atoms with Gasteiger partial charge in [0.1, 0.15) is 0 Å². The maximum Gasteiger partial charge on any atom is 0.331 e. The summed E-state index contributed by atoms with van der Waals surface area (Å²) in [6.07, 6.45) is 12.7. The average Bonchev–Trinajstić information content (AvgIpc) is 2.58. The van der Waals surface area contributed by atoms with Crippen LogP contribution in [0.15, 0.2) is 0 Å². The summed E-state index contributed by atoms with van der Waals surface area (Å²) in [5, 5.41) is 0. The van der Waals surface area contributed by atoms with Gasteiger partial charge in [-0.25, -0.2) is 0 Å². The molecule has 0 atom stereocenters. The van der Waals surface area contributed by atoms with Crippen LogP contribution < -0.4 is 0 Å². The molecule has 0 fully saturated rings. The molecule has 0 aromatic carbocycles. The fourth-order valence-corrected chi connectivity index (χ4v) is 4.21. The molecule has 0 aliphatic heterocycles. The van der Waals surface area contributed by atoms with Crippen molar-refractivity contribution < 1.29 is 23.1 Å². The van der Waals surface area contributed by atoms with E-state index in [1.807, 2.05) is 0 Å². The third kappa shape index (κ3) is 15.6. The molecule has 150 valence electrons. The van der Waals surface area contributed by atoms with E-state index in [9.17, 15) is 9.36 Å². The zero-order chi connectivity index (χ0) is 18.8. The van der Waals surface area contributed by atoms with Crippen LogP contribution in [0.5, 0.6) is 0 Å². The van der Waals surface area contributed by atoms with Gasteiger partial charge in [-0.3, -0.25) is 9.36 Å². The number of hydrogen-bond acceptors (Lipinski definition) is 5. The maximum atomic E-state index is 12.2. The van der Waals surface area contributed by atoms with Crippen LogP contribution in [0.25, 0.3) is 0 Å². The Morgan fingerprint density at radius 1 is 0.760 bits per heavy atom. The fourth-order valence-electron chi connectivity index (χ4n) is 2.64. The van der Waals surface area contributed by atoms with Crippen molar-refractivity contribution in [2.75, 3.05) is 26.0 Å². The summed E-state index contributed by atoms with van der Waals surface area (Å²) >= 11 is 0. The van der Waals surface area contributed by atoms with Crippen LogP contribution in [-0.4, -0.2) is 32.0 Å². The van der Waals surface area contributed by atoms with Gasteiger partial charge in [0, 0.05) is 0 Å². The van der Waals surface area contributed by atoms with Crippen LogP contribution in [0, 0.1) is 0 Å². The highest BCUT2D eigenvalue weighted by atomic mass is 31.2. The summed E-state index contributed by atoms with van der Waals surface area (Å²) in [5.74, 6) is -0.324. The van der Waals surface area contributed by atoms with E-state index < -0.39 is 7.60 Å². The molecule has 0 N–H and O–H groups in total. The lowest BCUT2D eigenvalue weighted by molar-refractivity contribution is -0.143. The molecule has 0 unspecified atom stereocenters. The Balaban J connectivity index is 3.53. The van der Waals surface area contributed by atoms with Gasteiger partial charge in [0.05, 0.1) is 32.4 Å². The molecule has 0 spiro atoms. The van der Waals surface area contributed by atoms with E-state index in [1.54, 1.807) is 13.8 Å². The summed E-state index contributed by atoms with van der Waals surface area (Å²) in [6, 6.07) is 0. The van der Waals surface area contributed by atoms with E-state index in [1.165, 1.54) is 51.4 Å². The molecule has 0 saturated carbocycles. The monoisotopic (exact) mass is 378 g/mol. The molecule has 0 aromatic heterocycles. The first-order chi connectivity index (χ1) is 12.1. The molecule has 0 aromatic rings. The highest BCUT2D eigenvalue weighted by molar-refractivity contribution is 7.53. The number of carbonyl (C=O) groups excluding carboxylic acids is 1. The third-order valence-electron chi connectivity index (χ3n) is 4.00. The molecule has 0 saturated heterocycles. The van der Waals surface area contributed by atoms with Crippen LogP contribution in [0.1, 0.15) is 91.4 Å². The smallest absolute Gasteiger partial charge is 0.331 e. The second-order valence-electron chi connectivity index (χ2n) is 6.32. The molecule has 0 amide bonds. The SMILES string of the molecule is CCCCCCCCCCCCOC(=O)CCP(=O)(OCC)OCC. The van der Waals surface area contributed by atoms with Crippen molar-refractivity contribution in [3.8, 4) is 0 Å². The topological polar surface area (TPSA) is 61.8 Å². The van der Waals surface area contributed by atoms with Gasteiger partial charge >= 0.3 is 13.6 Å². The van der Waals surface area contributed by atoms with Crippen molar-refractivity contribution >= 4 is 13.6 Å². The highest BCUT2D eigenvalue weighted by Gasteiger charge is 2.24. The number of hydrogen-bond donors (Lipinski definition) is 0. The van der Waals surface area contributed by atoms with Gasteiger partial charge in [-0.15, -0.1) is 0 Å². The first-order valence-electron chi connectivity index (χ1n) is 10.1. The standard InChI is InChI=1S/C19H39O5P/c1-4-7-8-9-10-11-12-13-14-15-17-22-19(20)16-18-25(21,23-5-2)24-6-3/h4-18H2,1-3H3. The normalized spacial score (nSPS) is 11.6. The van der Waals surface area contributed by atoms with Crippen LogP contribution >= 0.6 is 7.60 Å². The van der Waals surface area contributed by atoms with Crippen LogP contribution in [-0.2, 0) is 23.1 Å². The highest BCUT2D eigenvalue weighted by Crippen LogP contribution is 2.48. The summed E-state index contributed by atoms with van der Waals surface area (Å²) in [6.45, 7) is 6.83. The van der Waals surface area contributed by atoms with E-state index in [-0.39, 0.29) is 18.6 Å². The van der Waals surface area contributed by atoms with Crippen LogP contribution in [0.3, 0.4) is 0 Å². The van der Waals surface area contributed by atoms with Crippen molar-refractivity contribution in [2.45, 2.75) is 91.4 Å². The Bertz CT molecular complexity index is 350. The van der Waals surface area contributed by atoms with E-state index in [4.69, 9.17) is 13.8 Å². The van der Waals surface area contributed by atoms with E-state index in [2.05, 4.69) is 6.92 Å². The zero-order valence-corrected chi connectivity index (χ0v) is 17.5. The van der Waals surface area contributed by atoms with Crippen LogP contribution in [0.2, 0.25) is 0 Å². The molecular formula is C19H39O5P. The van der Waals surface area contributed by atoms with Gasteiger partial charge in [0.2, 0.25) is 0 Å². The van der Waals surface area contributed by atoms with E-state index in [0.717, 1.165) is 12.8 Å². The van der Waals surface area contributed by atoms with E-state index >= 15 is 0 Å². The molecule has 6 heteroatoms. The molecule has 5 nitrogen and oxygen atoms in total. The molecule has 0 aliphatic carbocycles. The van der Waals surface area contributed by atoms with Crippen molar-refractivity contribution in [3.05, 3.63) is 0 Å². The minimum atomic E-state index is -3.14. The molecule has 25 heavy (non-hydrogen) atoms. The van der Waals surface area contributed by atoms with Gasteiger partial charge < -0.3 is 13.8 Å². The number of ether oxygens (including phenoxy) is 1. The third-order valence-corrected chi connectivity index (χ3v) is 6.08. The van der Waals surface area contributed by atoms with Gasteiger partial charge in [0.25, 0.3) is 0 Å². The van der Waals surface area contributed by atoms with Crippen molar-refractivity contribution in [2.24, 2.45) is 0 Å². The van der Waals surface area contributed by atoms with Crippen LogP contribution in [0.4, 0.5) is 0 Å². The van der Waals surface area contributed by atoms with Gasteiger partial charge in [-0.1, -0.05) is 64.7 Å². The Labute approximate surface area is 154 Å². The average molecular weight is 378 g/mol. The summed E-state index contributed by atoms with van der Waals surface area (Å²) in [4.78, 5) is 11.7. The Kier molecular flexibility index (Phi) is 16.8. The molecule has 0 aliphatic rings. The van der Waals surface area contributed by atoms with Crippen molar-refractivity contribution in [1.82, 2.24) is 0 Å². The quantitative estimate of drug-likeness (QED) is 0.164. The Hall–Kier alpha value is -0.380. The van der Waals surface area contributed by atoms with E-state index in [0.29, 0.717) is 19.8 Å².